The van der Waals surface area contributed by atoms with Crippen molar-refractivity contribution >= 4 is 40.3 Å². The number of benzene rings is 3. The number of carbonyl (C=O) groups is 2. The Morgan fingerprint density at radius 2 is 1.49 bits per heavy atom. The SMILES string of the molecule is Cn1cccc1C(=O)Nc1ccc(Nc2ccc(NC(=O)c3ccc(N4CCC(O)CC4)cc3)cc2F)cc1. The van der Waals surface area contributed by atoms with Gasteiger partial charge in [-0.25, -0.2) is 4.39 Å². The van der Waals surface area contributed by atoms with E-state index >= 15 is 0 Å². The molecule has 0 radical (unpaired) electrons. The number of amides is 2. The molecule has 1 aromatic heterocycles. The Hall–Kier alpha value is -4.63. The fraction of sp³-hybridized carbons (Fsp3) is 0.200. The molecule has 0 aliphatic carbocycles. The number of carbonyl (C=O) groups excluding carboxylic acids is 2. The Kier molecular flexibility index (Phi) is 7.60. The Balaban J connectivity index is 1.17. The normalized spacial score (nSPS) is 13.7. The first-order valence-corrected chi connectivity index (χ1v) is 12.8. The third-order valence-corrected chi connectivity index (χ3v) is 6.78. The Bertz CT molecular complexity index is 1460. The lowest BCUT2D eigenvalue weighted by Crippen LogP contribution is -2.35. The molecule has 8 nitrogen and oxygen atoms in total. The van der Waals surface area contributed by atoms with Gasteiger partial charge in [-0.1, -0.05) is 0 Å². The molecule has 2 heterocycles. The smallest absolute Gasteiger partial charge is 0.272 e. The fourth-order valence-electron chi connectivity index (χ4n) is 4.53. The molecule has 0 saturated carbocycles. The highest BCUT2D eigenvalue weighted by molar-refractivity contribution is 6.04. The molecule has 200 valence electrons. The topological polar surface area (TPSA) is 98.6 Å². The summed E-state index contributed by atoms with van der Waals surface area (Å²) in [5, 5.41) is 18.3. The van der Waals surface area contributed by atoms with Crippen LogP contribution in [-0.4, -0.2) is 40.7 Å². The summed E-state index contributed by atoms with van der Waals surface area (Å²) < 4.78 is 16.6. The van der Waals surface area contributed by atoms with Gasteiger partial charge in [0.25, 0.3) is 11.8 Å². The highest BCUT2D eigenvalue weighted by Crippen LogP contribution is 2.25. The molecule has 5 rings (SSSR count). The van der Waals surface area contributed by atoms with Gasteiger partial charge in [-0.05, 0) is 91.7 Å². The molecule has 0 unspecified atom stereocenters. The molecule has 2 amide bonds. The summed E-state index contributed by atoms with van der Waals surface area (Å²) in [7, 11) is 1.80. The van der Waals surface area contributed by atoms with Gasteiger partial charge >= 0.3 is 0 Å². The van der Waals surface area contributed by atoms with Crippen LogP contribution in [0.2, 0.25) is 0 Å². The molecule has 0 atom stereocenters. The van der Waals surface area contributed by atoms with Gasteiger partial charge in [-0.2, -0.15) is 0 Å². The minimum absolute atomic E-state index is 0.217. The maximum atomic E-state index is 14.8. The van der Waals surface area contributed by atoms with Crippen LogP contribution in [0.4, 0.5) is 32.8 Å². The van der Waals surface area contributed by atoms with Crippen LogP contribution in [0.25, 0.3) is 0 Å². The van der Waals surface area contributed by atoms with Gasteiger partial charge in [0.2, 0.25) is 0 Å². The lowest BCUT2D eigenvalue weighted by Gasteiger charge is -2.31. The van der Waals surface area contributed by atoms with E-state index in [4.69, 9.17) is 0 Å². The Morgan fingerprint density at radius 1 is 0.846 bits per heavy atom. The molecule has 1 aliphatic heterocycles. The van der Waals surface area contributed by atoms with Crippen molar-refractivity contribution in [3.05, 3.63) is 102 Å². The van der Waals surface area contributed by atoms with E-state index in [-0.39, 0.29) is 23.6 Å². The first-order valence-electron chi connectivity index (χ1n) is 12.8. The molecule has 39 heavy (non-hydrogen) atoms. The molecule has 1 fully saturated rings. The van der Waals surface area contributed by atoms with Crippen LogP contribution in [0, 0.1) is 5.82 Å². The van der Waals surface area contributed by atoms with E-state index in [0.717, 1.165) is 31.6 Å². The van der Waals surface area contributed by atoms with Crippen molar-refractivity contribution < 1.29 is 19.1 Å². The second-order valence-electron chi connectivity index (χ2n) is 9.57. The number of hydrogen-bond donors (Lipinski definition) is 4. The maximum Gasteiger partial charge on any atom is 0.272 e. The van der Waals surface area contributed by atoms with Gasteiger partial charge in [0, 0.05) is 54.6 Å². The van der Waals surface area contributed by atoms with Crippen LogP contribution in [0.3, 0.4) is 0 Å². The summed E-state index contributed by atoms with van der Waals surface area (Å²) in [6, 6.07) is 22.2. The zero-order chi connectivity index (χ0) is 27.4. The number of anilines is 5. The van der Waals surface area contributed by atoms with Crippen LogP contribution in [-0.2, 0) is 7.05 Å². The Labute approximate surface area is 226 Å². The largest absolute Gasteiger partial charge is 0.393 e. The van der Waals surface area contributed by atoms with E-state index in [0.29, 0.717) is 28.3 Å². The number of piperidine rings is 1. The molecule has 4 N–H and O–H groups in total. The Morgan fingerprint density at radius 3 is 2.13 bits per heavy atom. The van der Waals surface area contributed by atoms with Gasteiger partial charge in [0.05, 0.1) is 11.8 Å². The molecule has 0 bridgehead atoms. The van der Waals surface area contributed by atoms with E-state index in [1.807, 2.05) is 12.1 Å². The van der Waals surface area contributed by atoms with Crippen LogP contribution in [0.15, 0.2) is 85.1 Å². The van der Waals surface area contributed by atoms with Crippen molar-refractivity contribution in [2.45, 2.75) is 18.9 Å². The minimum Gasteiger partial charge on any atom is -0.393 e. The molecule has 3 aromatic carbocycles. The number of nitrogens with zero attached hydrogens (tertiary/aromatic N) is 2. The summed E-state index contributed by atoms with van der Waals surface area (Å²) >= 11 is 0. The lowest BCUT2D eigenvalue weighted by atomic mass is 10.1. The van der Waals surface area contributed by atoms with Crippen LogP contribution in [0.1, 0.15) is 33.7 Å². The predicted molar refractivity (Wildman–Crippen MR) is 151 cm³/mol. The molecular formula is C30H30FN5O3. The standard InChI is InChI=1S/C30H30FN5O3/c1-35-16-2-3-28(35)30(39)33-22-8-6-21(7-9-22)32-27-13-10-23(19-26(27)31)34-29(38)20-4-11-24(12-5-20)36-17-14-25(37)15-18-36/h2-13,16,19,25,32,37H,14-15,17-18H2,1H3,(H,33,39)(H,34,38). The molecule has 1 saturated heterocycles. The zero-order valence-electron chi connectivity index (χ0n) is 21.5. The monoisotopic (exact) mass is 527 g/mol. The second-order valence-corrected chi connectivity index (χ2v) is 9.57. The molecule has 9 heteroatoms. The zero-order valence-corrected chi connectivity index (χ0v) is 21.5. The summed E-state index contributed by atoms with van der Waals surface area (Å²) in [4.78, 5) is 27.3. The van der Waals surface area contributed by atoms with Gasteiger partial charge in [-0.15, -0.1) is 0 Å². The highest BCUT2D eigenvalue weighted by Gasteiger charge is 2.18. The molecule has 4 aromatic rings. The van der Waals surface area contributed by atoms with Crippen LogP contribution < -0.4 is 20.9 Å². The molecule has 1 aliphatic rings. The second kappa shape index (κ2) is 11.4. The molecule has 0 spiro atoms. The first kappa shape index (κ1) is 26.0. The van der Waals surface area contributed by atoms with E-state index in [1.165, 1.54) is 6.07 Å². The summed E-state index contributed by atoms with van der Waals surface area (Å²) in [6.45, 7) is 1.56. The first-order chi connectivity index (χ1) is 18.9. The third-order valence-electron chi connectivity index (χ3n) is 6.78. The summed E-state index contributed by atoms with van der Waals surface area (Å²) in [6.07, 6.45) is 3.02. The number of hydrogen-bond acceptors (Lipinski definition) is 5. The van der Waals surface area contributed by atoms with Gasteiger partial charge in [0.1, 0.15) is 11.5 Å². The summed E-state index contributed by atoms with van der Waals surface area (Å²) in [5.74, 6) is -1.06. The fourth-order valence-corrected chi connectivity index (χ4v) is 4.53. The van der Waals surface area contributed by atoms with E-state index in [1.54, 1.807) is 78.5 Å². The van der Waals surface area contributed by atoms with E-state index < -0.39 is 5.82 Å². The lowest BCUT2D eigenvalue weighted by molar-refractivity contribution is 0.101. The van der Waals surface area contributed by atoms with Gasteiger partial charge in [-0.3, -0.25) is 9.59 Å². The van der Waals surface area contributed by atoms with Crippen molar-refractivity contribution in [3.63, 3.8) is 0 Å². The van der Waals surface area contributed by atoms with Crippen molar-refractivity contribution in [2.24, 2.45) is 7.05 Å². The molecular weight excluding hydrogens is 497 g/mol. The van der Waals surface area contributed by atoms with E-state index in [2.05, 4.69) is 20.9 Å². The number of aliphatic hydroxyl groups is 1. The number of aliphatic hydroxyl groups excluding tert-OH is 1. The third kappa shape index (κ3) is 6.27. The van der Waals surface area contributed by atoms with Gasteiger partial charge < -0.3 is 30.5 Å². The van der Waals surface area contributed by atoms with E-state index in [9.17, 15) is 19.1 Å². The highest BCUT2D eigenvalue weighted by atomic mass is 19.1. The minimum atomic E-state index is -0.517. The average molecular weight is 528 g/mol. The number of aryl methyl sites for hydroxylation is 1. The predicted octanol–water partition coefficient (Wildman–Crippen LogP) is 5.37. The number of rotatable bonds is 7. The van der Waals surface area contributed by atoms with Crippen LogP contribution in [0.5, 0.6) is 0 Å². The van der Waals surface area contributed by atoms with Crippen molar-refractivity contribution in [2.75, 3.05) is 33.9 Å². The number of halogens is 1. The maximum absolute atomic E-state index is 14.8. The van der Waals surface area contributed by atoms with Crippen molar-refractivity contribution in [1.29, 1.82) is 0 Å². The summed E-state index contributed by atoms with van der Waals surface area (Å²) in [5.41, 5.74) is 3.88. The van der Waals surface area contributed by atoms with Crippen LogP contribution >= 0.6 is 0 Å². The van der Waals surface area contributed by atoms with Crippen molar-refractivity contribution in [3.8, 4) is 0 Å². The quantitative estimate of drug-likeness (QED) is 0.259. The average Bonchev–Trinajstić information content (AvgIpc) is 3.38. The number of nitrogens with one attached hydrogen (secondary N) is 3. The number of aromatic nitrogens is 1. The van der Waals surface area contributed by atoms with Crippen molar-refractivity contribution in [1.82, 2.24) is 4.57 Å². The van der Waals surface area contributed by atoms with Gasteiger partial charge in [0.15, 0.2) is 0 Å².